The molecule has 0 saturated carbocycles. The summed E-state index contributed by atoms with van der Waals surface area (Å²) in [5.74, 6) is 0.494. The van der Waals surface area contributed by atoms with Gasteiger partial charge in [0.05, 0.1) is 12.1 Å². The van der Waals surface area contributed by atoms with E-state index < -0.39 is 5.54 Å². The fourth-order valence-corrected chi connectivity index (χ4v) is 3.69. The van der Waals surface area contributed by atoms with Crippen LogP contribution >= 0.6 is 11.3 Å². The number of rotatable bonds is 3. The van der Waals surface area contributed by atoms with Gasteiger partial charge in [-0.3, -0.25) is 14.6 Å². The molecule has 3 aromatic rings. The molecule has 0 aliphatic carbocycles. The molecule has 144 valence electrons. The van der Waals surface area contributed by atoms with Crippen LogP contribution in [-0.2, 0) is 10.3 Å². The molecule has 1 aliphatic heterocycles. The van der Waals surface area contributed by atoms with E-state index in [1.807, 2.05) is 43.3 Å². The molecule has 0 unspecified atom stereocenters. The molecule has 3 heterocycles. The molecular weight excluding hydrogens is 378 g/mol. The number of hydrogen-bond donors (Lipinski definition) is 2. The lowest BCUT2D eigenvalue weighted by molar-refractivity contribution is -0.122. The van der Waals surface area contributed by atoms with Crippen LogP contribution < -0.4 is 10.1 Å². The van der Waals surface area contributed by atoms with E-state index in [1.54, 1.807) is 17.1 Å². The smallest absolute Gasteiger partial charge is 0.290 e. The Morgan fingerprint density at radius 1 is 1.29 bits per heavy atom. The topological polar surface area (TPSA) is 101 Å². The van der Waals surface area contributed by atoms with Gasteiger partial charge >= 0.3 is 0 Å². The van der Waals surface area contributed by atoms with Crippen molar-refractivity contribution in [2.75, 3.05) is 6.61 Å². The molecule has 1 aromatic carbocycles. The zero-order chi connectivity index (χ0) is 20.0. The van der Waals surface area contributed by atoms with E-state index in [1.165, 1.54) is 11.3 Å². The van der Waals surface area contributed by atoms with Crippen molar-refractivity contribution in [3.63, 3.8) is 0 Å². The maximum atomic E-state index is 12.8. The predicted octanol–water partition coefficient (Wildman–Crippen LogP) is 3.00. The van der Waals surface area contributed by atoms with E-state index in [9.17, 15) is 4.79 Å². The summed E-state index contributed by atoms with van der Waals surface area (Å²) in [5, 5.41) is 11.8. The van der Waals surface area contributed by atoms with Gasteiger partial charge in [0.2, 0.25) is 0 Å². The summed E-state index contributed by atoms with van der Waals surface area (Å²) in [6.45, 7) is 2.30. The largest absolute Gasteiger partial charge is 0.491 e. The Kier molecular flexibility index (Phi) is 6.00. The quantitative estimate of drug-likeness (QED) is 0.659. The highest BCUT2D eigenvalue weighted by molar-refractivity contribution is 7.07. The Bertz CT molecular complexity index is 944. The minimum Gasteiger partial charge on any atom is -0.491 e. The summed E-state index contributed by atoms with van der Waals surface area (Å²) in [6.07, 6.45) is 2.33. The van der Waals surface area contributed by atoms with Crippen LogP contribution in [0, 0.1) is 6.92 Å². The fraction of sp³-hybridized carbons (Fsp3) is 0.200. The zero-order valence-electron chi connectivity index (χ0n) is 15.2. The van der Waals surface area contributed by atoms with Crippen molar-refractivity contribution >= 4 is 23.7 Å². The first-order valence-corrected chi connectivity index (χ1v) is 9.49. The lowest BCUT2D eigenvalue weighted by Gasteiger charge is -2.38. The molecule has 0 spiro atoms. The highest BCUT2D eigenvalue weighted by atomic mass is 32.1. The van der Waals surface area contributed by atoms with Crippen LogP contribution in [0.25, 0.3) is 0 Å². The molecule has 8 heteroatoms. The molecule has 4 rings (SSSR count). The Hall–Kier alpha value is -3.26. The molecule has 2 N–H and O–H groups in total. The van der Waals surface area contributed by atoms with Gasteiger partial charge in [-0.2, -0.15) is 0 Å². The van der Waals surface area contributed by atoms with Crippen LogP contribution in [0.15, 0.2) is 53.5 Å². The number of nitrogens with zero attached hydrogens (tertiary/aromatic N) is 2. The van der Waals surface area contributed by atoms with E-state index in [2.05, 4.69) is 15.3 Å². The van der Waals surface area contributed by atoms with Gasteiger partial charge in [0.15, 0.2) is 0 Å². The maximum absolute atomic E-state index is 12.8. The Labute approximate surface area is 166 Å². The number of aryl methyl sites for hydroxylation is 1. The molecule has 1 atom stereocenters. The van der Waals surface area contributed by atoms with Crippen LogP contribution in [0.3, 0.4) is 0 Å². The minimum absolute atomic E-state index is 0.208. The van der Waals surface area contributed by atoms with Crippen LogP contribution in [0.5, 0.6) is 5.75 Å². The van der Waals surface area contributed by atoms with Crippen molar-refractivity contribution in [1.29, 1.82) is 0 Å². The summed E-state index contributed by atoms with van der Waals surface area (Å²) in [5.41, 5.74) is 4.23. The summed E-state index contributed by atoms with van der Waals surface area (Å²) in [7, 11) is 0. The van der Waals surface area contributed by atoms with Crippen LogP contribution in [-0.4, -0.2) is 34.1 Å². The number of aromatic nitrogens is 2. The number of carboxylic acid groups (broad SMARTS) is 1. The molecule has 7 nitrogen and oxygen atoms in total. The third kappa shape index (κ3) is 3.86. The molecule has 2 aromatic heterocycles. The van der Waals surface area contributed by atoms with E-state index in [0.29, 0.717) is 24.5 Å². The number of pyridine rings is 1. The first-order valence-electron chi connectivity index (χ1n) is 8.54. The van der Waals surface area contributed by atoms with E-state index in [4.69, 9.17) is 14.6 Å². The van der Waals surface area contributed by atoms with E-state index in [0.717, 1.165) is 16.8 Å². The molecule has 0 saturated heterocycles. The Morgan fingerprint density at radius 2 is 2.04 bits per heavy atom. The standard InChI is InChI=1S/C19H17N3O2S.CH2O2/c1-13-4-6-14(7-5-13)19(22-18(23)15-11-25-12-21-15)8-10-24-16-3-2-9-20-17(16)19;2-1-3/h2-7,9,11-12H,8,10H2,1H3,(H,22,23);1H,(H,2,3)/t19-;/m0./s1. The van der Waals surface area contributed by atoms with Crippen molar-refractivity contribution in [2.45, 2.75) is 18.9 Å². The Morgan fingerprint density at radius 3 is 2.71 bits per heavy atom. The number of nitrogens with one attached hydrogen (secondary N) is 1. The SMILES string of the molecule is Cc1ccc([C@@]2(NC(=O)c3cscn3)CCOc3cccnc32)cc1.O=CO. The molecule has 0 bridgehead atoms. The minimum atomic E-state index is -0.733. The number of carbonyl (C=O) groups is 2. The lowest BCUT2D eigenvalue weighted by Crippen LogP contribution is -2.50. The molecule has 1 aliphatic rings. The molecule has 1 amide bonds. The monoisotopic (exact) mass is 397 g/mol. The molecule has 28 heavy (non-hydrogen) atoms. The number of amides is 1. The zero-order valence-corrected chi connectivity index (χ0v) is 16.0. The third-order valence-corrected chi connectivity index (χ3v) is 5.03. The number of fused-ring (bicyclic) bond motifs is 1. The van der Waals surface area contributed by atoms with Gasteiger partial charge < -0.3 is 15.2 Å². The summed E-state index contributed by atoms with van der Waals surface area (Å²) < 4.78 is 5.77. The van der Waals surface area contributed by atoms with Gasteiger partial charge in [0.1, 0.15) is 22.7 Å². The van der Waals surface area contributed by atoms with E-state index >= 15 is 0 Å². The summed E-state index contributed by atoms with van der Waals surface area (Å²) >= 11 is 1.40. The van der Waals surface area contributed by atoms with Crippen molar-refractivity contribution in [1.82, 2.24) is 15.3 Å². The lowest BCUT2D eigenvalue weighted by atomic mass is 9.81. The number of hydrogen-bond acceptors (Lipinski definition) is 6. The highest BCUT2D eigenvalue weighted by Gasteiger charge is 2.42. The van der Waals surface area contributed by atoms with Gasteiger partial charge in [0.25, 0.3) is 12.4 Å². The molecular formula is C20H19N3O4S. The van der Waals surface area contributed by atoms with Gasteiger partial charge in [-0.1, -0.05) is 29.8 Å². The molecule has 0 radical (unpaired) electrons. The van der Waals surface area contributed by atoms with Gasteiger partial charge in [0, 0.05) is 18.0 Å². The van der Waals surface area contributed by atoms with Crippen molar-refractivity contribution in [2.24, 2.45) is 0 Å². The predicted molar refractivity (Wildman–Crippen MR) is 105 cm³/mol. The van der Waals surface area contributed by atoms with Crippen molar-refractivity contribution in [3.05, 3.63) is 76.0 Å². The summed E-state index contributed by atoms with van der Waals surface area (Å²) in [6, 6.07) is 11.9. The van der Waals surface area contributed by atoms with Gasteiger partial charge in [-0.15, -0.1) is 11.3 Å². The van der Waals surface area contributed by atoms with Crippen LogP contribution in [0.2, 0.25) is 0 Å². The average molecular weight is 397 g/mol. The van der Waals surface area contributed by atoms with Crippen molar-refractivity contribution in [3.8, 4) is 5.75 Å². The first-order chi connectivity index (χ1) is 13.6. The first kappa shape index (κ1) is 19.5. The van der Waals surface area contributed by atoms with Crippen molar-refractivity contribution < 1.29 is 19.4 Å². The van der Waals surface area contributed by atoms with Crippen LogP contribution in [0.4, 0.5) is 0 Å². The average Bonchev–Trinajstić information content (AvgIpc) is 3.24. The Balaban J connectivity index is 0.000000706. The van der Waals surface area contributed by atoms with E-state index in [-0.39, 0.29) is 12.4 Å². The normalized spacial score (nSPS) is 17.3. The summed E-state index contributed by atoms with van der Waals surface area (Å²) in [4.78, 5) is 29.8. The molecule has 0 fully saturated rings. The third-order valence-electron chi connectivity index (χ3n) is 4.45. The van der Waals surface area contributed by atoms with Crippen LogP contribution in [0.1, 0.15) is 33.7 Å². The number of ether oxygens (including phenoxy) is 1. The second kappa shape index (κ2) is 8.62. The number of carbonyl (C=O) groups excluding carboxylic acids is 1. The second-order valence-corrected chi connectivity index (χ2v) is 6.87. The maximum Gasteiger partial charge on any atom is 0.290 e. The van der Waals surface area contributed by atoms with Gasteiger partial charge in [-0.05, 0) is 24.6 Å². The number of thiazole rings is 1. The fourth-order valence-electron chi connectivity index (χ4n) is 3.16. The second-order valence-electron chi connectivity index (χ2n) is 6.15. The van der Waals surface area contributed by atoms with Gasteiger partial charge in [-0.25, -0.2) is 4.98 Å². The number of benzene rings is 1. The highest BCUT2D eigenvalue weighted by Crippen LogP contribution is 2.40.